The highest BCUT2D eigenvalue weighted by atomic mass is 32.2. The molecule has 1 saturated heterocycles. The van der Waals surface area contributed by atoms with Crippen molar-refractivity contribution in [2.24, 2.45) is 0 Å². The van der Waals surface area contributed by atoms with E-state index in [0.29, 0.717) is 33.4 Å². The van der Waals surface area contributed by atoms with E-state index in [2.05, 4.69) is 0 Å². The maximum atomic E-state index is 12.8. The van der Waals surface area contributed by atoms with Gasteiger partial charge in [0, 0.05) is 5.56 Å². The van der Waals surface area contributed by atoms with Crippen molar-refractivity contribution in [1.82, 2.24) is 0 Å². The van der Waals surface area contributed by atoms with Crippen LogP contribution in [0.25, 0.3) is 6.08 Å². The first-order chi connectivity index (χ1) is 13.0. The summed E-state index contributed by atoms with van der Waals surface area (Å²) in [6, 6.07) is 10.7. The van der Waals surface area contributed by atoms with E-state index in [1.807, 2.05) is 19.1 Å². The molecular formula is C20H19NO5S. The number of carbonyl (C=O) groups excluding carboxylic acids is 2. The summed E-state index contributed by atoms with van der Waals surface area (Å²) in [6.07, 6.45) is 1.63. The van der Waals surface area contributed by atoms with Crippen LogP contribution in [0.2, 0.25) is 0 Å². The van der Waals surface area contributed by atoms with Gasteiger partial charge in [0.15, 0.2) is 11.5 Å². The minimum absolute atomic E-state index is 0.312. The van der Waals surface area contributed by atoms with Gasteiger partial charge in [-0.15, -0.1) is 0 Å². The zero-order valence-electron chi connectivity index (χ0n) is 15.4. The number of carbonyl (C=O) groups is 2. The Morgan fingerprint density at radius 1 is 0.963 bits per heavy atom. The maximum Gasteiger partial charge on any atom is 0.298 e. The van der Waals surface area contributed by atoms with Gasteiger partial charge in [-0.3, -0.25) is 9.59 Å². The van der Waals surface area contributed by atoms with Gasteiger partial charge < -0.3 is 14.2 Å². The van der Waals surface area contributed by atoms with Crippen LogP contribution >= 0.6 is 11.8 Å². The molecule has 7 heteroatoms. The van der Waals surface area contributed by atoms with Crippen molar-refractivity contribution in [2.45, 2.75) is 6.92 Å². The van der Waals surface area contributed by atoms with E-state index in [9.17, 15) is 9.59 Å². The van der Waals surface area contributed by atoms with Gasteiger partial charge in [-0.2, -0.15) is 0 Å². The molecule has 0 N–H and O–H groups in total. The SMILES string of the molecule is COc1ccc(/C=C2\SC(=O)N(c3cccc(C)c3)C2=O)c(OC)c1OC. The van der Waals surface area contributed by atoms with Crippen molar-refractivity contribution in [3.05, 3.63) is 52.4 Å². The molecule has 1 heterocycles. The largest absolute Gasteiger partial charge is 0.493 e. The number of rotatable bonds is 5. The van der Waals surface area contributed by atoms with Crippen LogP contribution in [0.3, 0.4) is 0 Å². The first-order valence-electron chi connectivity index (χ1n) is 8.13. The zero-order chi connectivity index (χ0) is 19.6. The van der Waals surface area contributed by atoms with E-state index < -0.39 is 0 Å². The second kappa shape index (κ2) is 7.75. The maximum absolute atomic E-state index is 12.8. The first-order valence-corrected chi connectivity index (χ1v) is 8.95. The smallest absolute Gasteiger partial charge is 0.298 e. The average molecular weight is 385 g/mol. The number of imide groups is 1. The number of hydrogen-bond donors (Lipinski definition) is 0. The summed E-state index contributed by atoms with van der Waals surface area (Å²) in [5, 5.41) is -0.337. The summed E-state index contributed by atoms with van der Waals surface area (Å²) in [5.74, 6) is 0.998. The molecule has 1 fully saturated rings. The van der Waals surface area contributed by atoms with Crippen molar-refractivity contribution in [1.29, 1.82) is 0 Å². The minimum atomic E-state index is -0.368. The summed E-state index contributed by atoms with van der Waals surface area (Å²) in [4.78, 5) is 26.7. The van der Waals surface area contributed by atoms with Crippen molar-refractivity contribution in [2.75, 3.05) is 26.2 Å². The number of methoxy groups -OCH3 is 3. The normalized spacial score (nSPS) is 15.4. The Hall–Kier alpha value is -2.93. The second-order valence-corrected chi connectivity index (χ2v) is 6.77. The van der Waals surface area contributed by atoms with E-state index in [4.69, 9.17) is 14.2 Å². The highest BCUT2D eigenvalue weighted by Gasteiger charge is 2.36. The molecule has 3 rings (SSSR count). The van der Waals surface area contributed by atoms with E-state index in [1.54, 1.807) is 30.3 Å². The molecule has 2 aromatic carbocycles. The molecule has 0 aromatic heterocycles. The average Bonchev–Trinajstić information content (AvgIpc) is 2.94. The fourth-order valence-electron chi connectivity index (χ4n) is 2.84. The van der Waals surface area contributed by atoms with Crippen LogP contribution in [0.5, 0.6) is 17.2 Å². The number of nitrogens with zero attached hydrogens (tertiary/aromatic N) is 1. The Morgan fingerprint density at radius 3 is 2.33 bits per heavy atom. The van der Waals surface area contributed by atoms with Crippen LogP contribution in [-0.2, 0) is 4.79 Å². The molecule has 2 aromatic rings. The Morgan fingerprint density at radius 2 is 1.70 bits per heavy atom. The molecular weight excluding hydrogens is 366 g/mol. The number of anilines is 1. The summed E-state index contributed by atoms with van der Waals surface area (Å²) in [6.45, 7) is 1.91. The number of amides is 2. The number of ether oxygens (including phenoxy) is 3. The van der Waals surface area contributed by atoms with Crippen molar-refractivity contribution in [3.8, 4) is 17.2 Å². The highest BCUT2D eigenvalue weighted by Crippen LogP contribution is 2.43. The quantitative estimate of drug-likeness (QED) is 0.717. The summed E-state index contributed by atoms with van der Waals surface area (Å²) in [7, 11) is 4.55. The molecule has 0 spiro atoms. The zero-order valence-corrected chi connectivity index (χ0v) is 16.3. The molecule has 0 bridgehead atoms. The van der Waals surface area contributed by atoms with Gasteiger partial charge in [-0.05, 0) is 54.6 Å². The van der Waals surface area contributed by atoms with E-state index in [-0.39, 0.29) is 11.1 Å². The van der Waals surface area contributed by atoms with Crippen LogP contribution in [0.4, 0.5) is 10.5 Å². The van der Waals surface area contributed by atoms with Gasteiger partial charge in [-0.1, -0.05) is 12.1 Å². The molecule has 6 nitrogen and oxygen atoms in total. The van der Waals surface area contributed by atoms with Crippen molar-refractivity contribution in [3.63, 3.8) is 0 Å². The predicted molar refractivity (Wildman–Crippen MR) is 106 cm³/mol. The summed E-state index contributed by atoms with van der Waals surface area (Å²) in [5.41, 5.74) is 2.14. The minimum Gasteiger partial charge on any atom is -0.493 e. The standard InChI is InChI=1S/C20H19NO5S/c1-12-6-5-7-14(10-12)21-19(22)16(27-20(21)23)11-13-8-9-15(24-2)18(26-4)17(13)25-3/h5-11H,1-4H3/b16-11-. The molecule has 1 aliphatic rings. The van der Waals surface area contributed by atoms with Crippen LogP contribution in [-0.4, -0.2) is 32.5 Å². The summed E-state index contributed by atoms with van der Waals surface area (Å²) >= 11 is 0.891. The molecule has 0 saturated carbocycles. The fraction of sp³-hybridized carbons (Fsp3) is 0.200. The number of hydrogen-bond acceptors (Lipinski definition) is 6. The first kappa shape index (κ1) is 18.8. The number of aryl methyl sites for hydroxylation is 1. The summed E-state index contributed by atoms with van der Waals surface area (Å²) < 4.78 is 16.1. The van der Waals surface area contributed by atoms with Crippen LogP contribution in [0.15, 0.2) is 41.3 Å². The van der Waals surface area contributed by atoms with Gasteiger partial charge in [0.1, 0.15) is 0 Å². The lowest BCUT2D eigenvalue weighted by molar-refractivity contribution is -0.113. The number of benzene rings is 2. The second-order valence-electron chi connectivity index (χ2n) is 5.78. The van der Waals surface area contributed by atoms with Gasteiger partial charge in [0.05, 0.1) is 31.9 Å². The van der Waals surface area contributed by atoms with Crippen molar-refractivity contribution < 1.29 is 23.8 Å². The van der Waals surface area contributed by atoms with Gasteiger partial charge in [-0.25, -0.2) is 4.90 Å². The Balaban J connectivity index is 2.01. The van der Waals surface area contributed by atoms with E-state index in [0.717, 1.165) is 17.3 Å². The number of thioether (sulfide) groups is 1. The predicted octanol–water partition coefficient (Wildman–Crippen LogP) is 4.26. The van der Waals surface area contributed by atoms with Gasteiger partial charge >= 0.3 is 0 Å². The van der Waals surface area contributed by atoms with E-state index >= 15 is 0 Å². The van der Waals surface area contributed by atoms with Gasteiger partial charge in [0.2, 0.25) is 5.75 Å². The highest BCUT2D eigenvalue weighted by molar-refractivity contribution is 8.19. The molecule has 140 valence electrons. The van der Waals surface area contributed by atoms with Crippen LogP contribution in [0, 0.1) is 6.92 Å². The lowest BCUT2D eigenvalue weighted by Gasteiger charge is -2.14. The monoisotopic (exact) mass is 385 g/mol. The van der Waals surface area contributed by atoms with Gasteiger partial charge in [0.25, 0.3) is 11.1 Å². The van der Waals surface area contributed by atoms with Crippen LogP contribution < -0.4 is 19.1 Å². The molecule has 0 atom stereocenters. The lowest BCUT2D eigenvalue weighted by atomic mass is 10.1. The van der Waals surface area contributed by atoms with E-state index in [1.165, 1.54) is 26.2 Å². The van der Waals surface area contributed by atoms with Crippen molar-refractivity contribution >= 4 is 34.7 Å². The Bertz CT molecular complexity index is 938. The molecule has 27 heavy (non-hydrogen) atoms. The third-order valence-corrected chi connectivity index (χ3v) is 4.94. The fourth-order valence-corrected chi connectivity index (χ4v) is 3.67. The topological polar surface area (TPSA) is 65.1 Å². The van der Waals surface area contributed by atoms with Crippen LogP contribution in [0.1, 0.15) is 11.1 Å². The Labute approximate surface area is 161 Å². The molecule has 0 radical (unpaired) electrons. The molecule has 2 amide bonds. The Kier molecular flexibility index (Phi) is 5.41. The third-order valence-electron chi connectivity index (χ3n) is 4.07. The molecule has 1 aliphatic heterocycles. The molecule has 0 aliphatic carbocycles. The lowest BCUT2D eigenvalue weighted by Crippen LogP contribution is -2.27. The molecule has 0 unspecified atom stereocenters. The third kappa shape index (κ3) is 3.50.